The summed E-state index contributed by atoms with van der Waals surface area (Å²) < 4.78 is 10.7. The predicted molar refractivity (Wildman–Crippen MR) is 142 cm³/mol. The second-order valence-electron chi connectivity index (χ2n) is 9.27. The normalized spacial score (nSPS) is 21.8. The first-order valence-electron chi connectivity index (χ1n) is 11.9. The Balaban J connectivity index is 1.27. The highest BCUT2D eigenvalue weighted by Crippen LogP contribution is 2.43. The minimum atomic E-state index is -0.606. The zero-order valence-electron chi connectivity index (χ0n) is 20.7. The predicted octanol–water partition coefficient (Wildman–Crippen LogP) is 3.25. The number of anilines is 1. The van der Waals surface area contributed by atoms with Crippen molar-refractivity contribution in [1.29, 1.82) is 5.26 Å². The number of nitrogens with one attached hydrogen (secondary N) is 1. The molecule has 3 fully saturated rings. The van der Waals surface area contributed by atoms with Crippen LogP contribution in [0.4, 0.5) is 10.5 Å². The number of hydrogen-bond donors (Lipinski definition) is 1. The molecule has 1 unspecified atom stereocenters. The van der Waals surface area contributed by atoms with Crippen LogP contribution >= 0.6 is 23.8 Å². The van der Waals surface area contributed by atoms with E-state index in [0.29, 0.717) is 52.9 Å². The van der Waals surface area contributed by atoms with Crippen LogP contribution in [-0.4, -0.2) is 72.3 Å². The van der Waals surface area contributed by atoms with Crippen molar-refractivity contribution in [2.45, 2.75) is 37.9 Å². The number of carbonyl (C=O) groups is 2. The molecule has 11 heteroatoms. The molecular weight excluding hydrogens is 514 g/mol. The maximum Gasteiger partial charge on any atom is 0.332 e. The molecule has 3 heterocycles. The molecule has 192 valence electrons. The zero-order valence-corrected chi connectivity index (χ0v) is 22.2. The summed E-state index contributed by atoms with van der Waals surface area (Å²) >= 11 is 12.0. The van der Waals surface area contributed by atoms with Crippen molar-refractivity contribution in [3.05, 3.63) is 52.0 Å². The lowest BCUT2D eigenvalue weighted by Gasteiger charge is -2.36. The Morgan fingerprint density at radius 1 is 1.22 bits per heavy atom. The van der Waals surface area contributed by atoms with Gasteiger partial charge in [0, 0.05) is 13.1 Å². The van der Waals surface area contributed by atoms with Crippen molar-refractivity contribution in [2.24, 2.45) is 0 Å². The largest absolute Gasteiger partial charge is 0.493 e. The molecule has 9 nitrogen and oxygen atoms in total. The van der Waals surface area contributed by atoms with Crippen molar-refractivity contribution in [1.82, 2.24) is 15.1 Å². The first-order chi connectivity index (χ1) is 17.8. The van der Waals surface area contributed by atoms with Gasteiger partial charge < -0.3 is 24.6 Å². The lowest BCUT2D eigenvalue weighted by atomic mass is 10.1. The smallest absolute Gasteiger partial charge is 0.332 e. The molecule has 0 saturated carbocycles. The van der Waals surface area contributed by atoms with Crippen LogP contribution in [0.3, 0.4) is 0 Å². The molecule has 0 aliphatic carbocycles. The number of hydrogen-bond acceptors (Lipinski definition) is 6. The number of carbonyl (C=O) groups excluding carboxylic acids is 2. The van der Waals surface area contributed by atoms with Gasteiger partial charge in [0.25, 0.3) is 5.91 Å². The van der Waals surface area contributed by atoms with Crippen LogP contribution in [0.5, 0.6) is 11.5 Å². The Labute approximate surface area is 225 Å². The molecule has 0 spiro atoms. The monoisotopic (exact) mass is 539 g/mol. The molecular formula is C26H26ClN5O4S. The van der Waals surface area contributed by atoms with Gasteiger partial charge in [0.1, 0.15) is 12.1 Å². The van der Waals surface area contributed by atoms with E-state index in [0.717, 1.165) is 12.0 Å². The fraction of sp³-hybridized carbons (Fsp3) is 0.385. The molecule has 3 aliphatic heterocycles. The van der Waals surface area contributed by atoms with Gasteiger partial charge in [-0.05, 0) is 67.4 Å². The number of ether oxygens (including phenoxy) is 2. The van der Waals surface area contributed by atoms with Crippen molar-refractivity contribution < 1.29 is 19.1 Å². The van der Waals surface area contributed by atoms with Crippen LogP contribution in [0.15, 0.2) is 30.3 Å². The number of thiocarbonyl (C=S) groups is 1. The van der Waals surface area contributed by atoms with E-state index in [1.54, 1.807) is 32.1 Å². The van der Waals surface area contributed by atoms with E-state index in [2.05, 4.69) is 5.32 Å². The Morgan fingerprint density at radius 2 is 1.97 bits per heavy atom. The fourth-order valence-corrected chi connectivity index (χ4v) is 6.08. The summed E-state index contributed by atoms with van der Waals surface area (Å²) in [5, 5.41) is 13.4. The van der Waals surface area contributed by atoms with E-state index in [1.807, 2.05) is 29.2 Å². The number of fused-ring (bicyclic) bond motifs is 5. The first kappa shape index (κ1) is 25.1. The van der Waals surface area contributed by atoms with Crippen molar-refractivity contribution in [2.75, 3.05) is 32.2 Å². The van der Waals surface area contributed by atoms with Crippen LogP contribution in [0, 0.1) is 18.3 Å². The van der Waals surface area contributed by atoms with Gasteiger partial charge in [0.2, 0.25) is 0 Å². The quantitative estimate of drug-likeness (QED) is 0.441. The van der Waals surface area contributed by atoms with E-state index in [4.69, 9.17) is 33.3 Å². The van der Waals surface area contributed by atoms with Crippen molar-refractivity contribution in [3.8, 4) is 17.6 Å². The maximum absolute atomic E-state index is 13.5. The van der Waals surface area contributed by atoms with Gasteiger partial charge in [-0.25, -0.2) is 9.69 Å². The summed E-state index contributed by atoms with van der Waals surface area (Å²) in [6, 6.07) is 9.72. The van der Waals surface area contributed by atoms with Gasteiger partial charge in [0.05, 0.1) is 42.6 Å². The molecule has 3 aliphatic rings. The number of urea groups is 1. The number of methoxy groups -OCH3 is 2. The van der Waals surface area contributed by atoms with Crippen LogP contribution in [0.2, 0.25) is 5.02 Å². The molecule has 37 heavy (non-hydrogen) atoms. The maximum atomic E-state index is 13.5. The Kier molecular flexibility index (Phi) is 6.60. The number of rotatable bonds is 6. The second kappa shape index (κ2) is 9.72. The second-order valence-corrected chi connectivity index (χ2v) is 10.0. The number of nitrogens with zero attached hydrogens (tertiary/aromatic N) is 4. The molecule has 5 rings (SSSR count). The average molecular weight is 540 g/mol. The van der Waals surface area contributed by atoms with Gasteiger partial charge in [0.15, 0.2) is 16.6 Å². The fourth-order valence-electron chi connectivity index (χ4n) is 5.57. The lowest BCUT2D eigenvalue weighted by molar-refractivity contribution is -0.120. The topological polar surface area (TPSA) is 98.1 Å². The summed E-state index contributed by atoms with van der Waals surface area (Å²) in [5.74, 6) is 1.06. The number of likely N-dealkylation sites (tertiary alicyclic amines) is 1. The van der Waals surface area contributed by atoms with Crippen molar-refractivity contribution in [3.63, 3.8) is 0 Å². The lowest BCUT2D eigenvalue weighted by Crippen LogP contribution is -2.57. The number of piperazine rings is 1. The van der Waals surface area contributed by atoms with Gasteiger partial charge >= 0.3 is 6.03 Å². The summed E-state index contributed by atoms with van der Waals surface area (Å²) in [6.07, 6.45) is 1.42. The summed E-state index contributed by atoms with van der Waals surface area (Å²) in [5.41, 5.74) is 2.32. The third-order valence-electron chi connectivity index (χ3n) is 7.38. The standard InChI is InChI=1S/C26H26ClN5O4S/c1-14-18(6-5-16(12-28)22(14)27)32-24(33)23-19-11-17(31(23)26(32)34)13-30(19)25(37)29-9-8-15-4-7-20(35-2)21(10-15)36-3/h4-7,10,17,19,23H,8-9,11,13H2,1-3H3,(H,29,37)/t17-,19?,23+/m1/s1. The highest BCUT2D eigenvalue weighted by Gasteiger charge is 2.62. The third-order valence-corrected chi connectivity index (χ3v) is 8.25. The first-order valence-corrected chi connectivity index (χ1v) is 12.7. The summed E-state index contributed by atoms with van der Waals surface area (Å²) in [6.45, 7) is 2.89. The molecule has 2 bridgehead atoms. The molecule has 0 aromatic heterocycles. The number of amides is 3. The number of halogens is 1. The van der Waals surface area contributed by atoms with E-state index in [9.17, 15) is 14.9 Å². The minimum Gasteiger partial charge on any atom is -0.493 e. The molecule has 2 aromatic carbocycles. The van der Waals surface area contributed by atoms with Crippen LogP contribution in [0.25, 0.3) is 0 Å². The minimum absolute atomic E-state index is 0.101. The average Bonchev–Trinajstić information content (AvgIpc) is 3.57. The number of benzene rings is 2. The molecule has 2 aromatic rings. The summed E-state index contributed by atoms with van der Waals surface area (Å²) in [4.78, 5) is 31.8. The van der Waals surface area contributed by atoms with Crippen LogP contribution < -0.4 is 19.7 Å². The summed E-state index contributed by atoms with van der Waals surface area (Å²) in [7, 11) is 3.21. The van der Waals surface area contributed by atoms with Gasteiger partial charge in [-0.15, -0.1) is 0 Å². The highest BCUT2D eigenvalue weighted by atomic mass is 35.5. The van der Waals surface area contributed by atoms with Gasteiger partial charge in [-0.3, -0.25) is 4.79 Å². The number of nitriles is 1. The SMILES string of the molecule is COc1ccc(CCNC(=S)N2C[C@H]3CC2[C@H]2C(=O)N(c4ccc(C#N)c(Cl)c4C)C(=O)N32)cc1OC. The van der Waals surface area contributed by atoms with Gasteiger partial charge in [-0.2, -0.15) is 5.26 Å². The highest BCUT2D eigenvalue weighted by molar-refractivity contribution is 7.80. The Bertz CT molecular complexity index is 1340. The molecule has 3 amide bonds. The van der Waals surface area contributed by atoms with E-state index in [1.165, 1.54) is 11.0 Å². The van der Waals surface area contributed by atoms with Crippen LogP contribution in [0.1, 0.15) is 23.1 Å². The molecule has 0 radical (unpaired) electrons. The number of imide groups is 1. The van der Waals surface area contributed by atoms with E-state index >= 15 is 0 Å². The van der Waals surface area contributed by atoms with E-state index < -0.39 is 6.04 Å². The molecule has 3 atom stereocenters. The Morgan fingerprint density at radius 3 is 2.68 bits per heavy atom. The Hall–Kier alpha value is -3.55. The van der Waals surface area contributed by atoms with Crippen LogP contribution in [-0.2, 0) is 11.2 Å². The van der Waals surface area contributed by atoms with Gasteiger partial charge in [-0.1, -0.05) is 17.7 Å². The zero-order chi connectivity index (χ0) is 26.4. The third kappa shape index (κ3) is 4.03. The molecule has 1 N–H and O–H groups in total. The van der Waals surface area contributed by atoms with E-state index in [-0.39, 0.29) is 29.0 Å². The molecule has 3 saturated heterocycles. The van der Waals surface area contributed by atoms with Crippen molar-refractivity contribution >= 4 is 46.6 Å².